The first kappa shape index (κ1) is 12.1. The number of fused-ring (bicyclic) bond motifs is 1. The zero-order valence-corrected chi connectivity index (χ0v) is 10.5. The Balaban J connectivity index is 2.25. The molecule has 1 aromatic heterocycles. The predicted octanol–water partition coefficient (Wildman–Crippen LogP) is 2.05. The first-order chi connectivity index (χ1) is 8.24. The van der Waals surface area contributed by atoms with Crippen LogP contribution >= 0.6 is 0 Å². The third-order valence-electron chi connectivity index (χ3n) is 3.43. The Kier molecular flexibility index (Phi) is 3.82. The number of hydrogen-bond acceptors (Lipinski definition) is 2. The van der Waals surface area contributed by atoms with Gasteiger partial charge in [0, 0.05) is 13.0 Å². The van der Waals surface area contributed by atoms with Crippen molar-refractivity contribution in [1.82, 2.24) is 9.55 Å². The van der Waals surface area contributed by atoms with Crippen molar-refractivity contribution in [2.75, 3.05) is 0 Å². The van der Waals surface area contributed by atoms with Crippen LogP contribution in [-0.2, 0) is 19.4 Å². The molecule has 0 fully saturated rings. The van der Waals surface area contributed by atoms with Gasteiger partial charge in [0.25, 0.3) is 5.91 Å². The average molecular weight is 235 g/mol. The Morgan fingerprint density at radius 1 is 1.41 bits per heavy atom. The molecule has 17 heavy (non-hydrogen) atoms. The lowest BCUT2D eigenvalue weighted by Crippen LogP contribution is -2.16. The number of amides is 1. The molecule has 1 aliphatic heterocycles. The van der Waals surface area contributed by atoms with E-state index in [2.05, 4.69) is 16.5 Å². The van der Waals surface area contributed by atoms with Crippen molar-refractivity contribution in [2.45, 2.75) is 58.4 Å². The van der Waals surface area contributed by atoms with Crippen LogP contribution in [0.5, 0.6) is 0 Å². The molecule has 0 bridgehead atoms. The fourth-order valence-electron chi connectivity index (χ4n) is 2.54. The number of primary amides is 1. The van der Waals surface area contributed by atoms with E-state index in [0.717, 1.165) is 37.3 Å². The first-order valence-electron chi connectivity index (χ1n) is 6.62. The van der Waals surface area contributed by atoms with Crippen LogP contribution in [0.4, 0.5) is 0 Å². The Morgan fingerprint density at radius 2 is 2.24 bits per heavy atom. The summed E-state index contributed by atoms with van der Waals surface area (Å²) in [7, 11) is 0. The highest BCUT2D eigenvalue weighted by atomic mass is 16.1. The molecule has 0 saturated carbocycles. The molecular weight excluding hydrogens is 214 g/mol. The summed E-state index contributed by atoms with van der Waals surface area (Å²) in [4.78, 5) is 15.8. The summed E-state index contributed by atoms with van der Waals surface area (Å²) in [6, 6.07) is 0. The molecule has 94 valence electrons. The average Bonchev–Trinajstić information content (AvgIpc) is 2.69. The van der Waals surface area contributed by atoms with Gasteiger partial charge in [-0.3, -0.25) is 4.79 Å². The van der Waals surface area contributed by atoms with E-state index in [9.17, 15) is 4.79 Å². The smallest absolute Gasteiger partial charge is 0.269 e. The van der Waals surface area contributed by atoms with Crippen LogP contribution in [0.1, 0.15) is 61.0 Å². The first-order valence-corrected chi connectivity index (χ1v) is 6.62. The van der Waals surface area contributed by atoms with Gasteiger partial charge in [0.15, 0.2) is 0 Å². The van der Waals surface area contributed by atoms with Crippen molar-refractivity contribution < 1.29 is 4.79 Å². The lowest BCUT2D eigenvalue weighted by atomic mass is 10.1. The van der Waals surface area contributed by atoms with E-state index in [1.807, 2.05) is 0 Å². The van der Waals surface area contributed by atoms with Gasteiger partial charge in [-0.1, -0.05) is 19.8 Å². The summed E-state index contributed by atoms with van der Waals surface area (Å²) in [6.07, 6.45) is 7.76. The monoisotopic (exact) mass is 235 g/mol. The Morgan fingerprint density at radius 3 is 2.94 bits per heavy atom. The van der Waals surface area contributed by atoms with E-state index < -0.39 is 0 Å². The summed E-state index contributed by atoms with van der Waals surface area (Å²) < 4.78 is 2.22. The van der Waals surface area contributed by atoms with Crippen LogP contribution in [0.15, 0.2) is 0 Å². The van der Waals surface area contributed by atoms with Crippen LogP contribution in [0.25, 0.3) is 0 Å². The maximum atomic E-state index is 11.4. The van der Waals surface area contributed by atoms with E-state index in [1.54, 1.807) is 0 Å². The molecule has 2 rings (SSSR count). The molecule has 0 atom stereocenters. The molecule has 2 N–H and O–H groups in total. The van der Waals surface area contributed by atoms with Crippen molar-refractivity contribution in [1.29, 1.82) is 0 Å². The molecule has 0 saturated heterocycles. The van der Waals surface area contributed by atoms with Gasteiger partial charge in [-0.15, -0.1) is 0 Å². The third kappa shape index (κ3) is 2.51. The maximum absolute atomic E-state index is 11.4. The number of aryl methyl sites for hydroxylation is 1. The molecule has 0 unspecified atom stereocenters. The fraction of sp³-hybridized carbons (Fsp3) is 0.692. The van der Waals surface area contributed by atoms with Crippen molar-refractivity contribution in [3.05, 3.63) is 17.2 Å². The van der Waals surface area contributed by atoms with Gasteiger partial charge in [-0.05, 0) is 25.7 Å². The number of rotatable bonds is 5. The van der Waals surface area contributed by atoms with Crippen LogP contribution in [0.2, 0.25) is 0 Å². The van der Waals surface area contributed by atoms with Gasteiger partial charge in [0.1, 0.15) is 11.5 Å². The SMILES string of the molecule is CCCCCc1c(C(N)=O)nc2n1CCCC2. The van der Waals surface area contributed by atoms with Gasteiger partial charge in [0.2, 0.25) is 0 Å². The second-order valence-electron chi connectivity index (χ2n) is 4.75. The van der Waals surface area contributed by atoms with Crippen LogP contribution in [0.3, 0.4) is 0 Å². The molecule has 0 radical (unpaired) electrons. The van der Waals surface area contributed by atoms with Gasteiger partial charge in [0.05, 0.1) is 5.69 Å². The highest BCUT2D eigenvalue weighted by Crippen LogP contribution is 2.21. The van der Waals surface area contributed by atoms with Crippen molar-refractivity contribution in [3.8, 4) is 0 Å². The summed E-state index contributed by atoms with van der Waals surface area (Å²) in [5, 5.41) is 0. The van der Waals surface area contributed by atoms with Crippen molar-refractivity contribution in [2.24, 2.45) is 5.73 Å². The number of hydrogen-bond donors (Lipinski definition) is 1. The minimum atomic E-state index is -0.376. The maximum Gasteiger partial charge on any atom is 0.269 e. The molecule has 1 aliphatic rings. The fourth-order valence-corrected chi connectivity index (χ4v) is 2.54. The zero-order chi connectivity index (χ0) is 12.3. The van der Waals surface area contributed by atoms with E-state index >= 15 is 0 Å². The summed E-state index contributed by atoms with van der Waals surface area (Å²) in [5.41, 5.74) is 7.00. The van der Waals surface area contributed by atoms with Crippen molar-refractivity contribution >= 4 is 5.91 Å². The molecule has 0 aliphatic carbocycles. The topological polar surface area (TPSA) is 60.9 Å². The molecular formula is C13H21N3O. The minimum Gasteiger partial charge on any atom is -0.364 e. The molecule has 2 heterocycles. The highest BCUT2D eigenvalue weighted by molar-refractivity contribution is 5.92. The Bertz CT molecular complexity index is 409. The number of nitrogens with zero attached hydrogens (tertiary/aromatic N) is 2. The Labute approximate surface area is 102 Å². The van der Waals surface area contributed by atoms with Gasteiger partial charge >= 0.3 is 0 Å². The van der Waals surface area contributed by atoms with Gasteiger partial charge in [-0.25, -0.2) is 4.98 Å². The van der Waals surface area contributed by atoms with Crippen molar-refractivity contribution in [3.63, 3.8) is 0 Å². The minimum absolute atomic E-state index is 0.376. The summed E-state index contributed by atoms with van der Waals surface area (Å²) >= 11 is 0. The van der Waals surface area contributed by atoms with Crippen LogP contribution in [0, 0.1) is 0 Å². The number of nitrogens with two attached hydrogens (primary N) is 1. The van der Waals surface area contributed by atoms with E-state index in [-0.39, 0.29) is 5.91 Å². The quantitative estimate of drug-likeness (QED) is 0.794. The summed E-state index contributed by atoms with van der Waals surface area (Å²) in [6.45, 7) is 3.18. The Hall–Kier alpha value is -1.32. The highest BCUT2D eigenvalue weighted by Gasteiger charge is 2.21. The molecule has 1 aromatic rings. The third-order valence-corrected chi connectivity index (χ3v) is 3.43. The standard InChI is InChI=1S/C13H21N3O/c1-2-3-4-7-10-12(13(14)17)15-11-8-5-6-9-16(10)11/h2-9H2,1H3,(H2,14,17). The zero-order valence-electron chi connectivity index (χ0n) is 10.5. The van der Waals surface area contributed by atoms with E-state index in [4.69, 9.17) is 5.73 Å². The number of carbonyl (C=O) groups excluding carboxylic acids is 1. The van der Waals surface area contributed by atoms with Gasteiger partial charge < -0.3 is 10.3 Å². The van der Waals surface area contributed by atoms with E-state index in [1.165, 1.54) is 25.7 Å². The second-order valence-corrected chi connectivity index (χ2v) is 4.75. The molecule has 4 nitrogen and oxygen atoms in total. The number of unbranched alkanes of at least 4 members (excludes halogenated alkanes) is 2. The number of aromatic nitrogens is 2. The van der Waals surface area contributed by atoms with E-state index in [0.29, 0.717) is 5.69 Å². The summed E-state index contributed by atoms with van der Waals surface area (Å²) in [5.74, 6) is 0.676. The lowest BCUT2D eigenvalue weighted by Gasteiger charge is -2.16. The van der Waals surface area contributed by atoms with Crippen LogP contribution in [-0.4, -0.2) is 15.5 Å². The number of imidazole rings is 1. The van der Waals surface area contributed by atoms with Crippen LogP contribution < -0.4 is 5.73 Å². The predicted molar refractivity (Wildman–Crippen MR) is 66.9 cm³/mol. The molecule has 1 amide bonds. The molecule has 0 spiro atoms. The largest absolute Gasteiger partial charge is 0.364 e. The second kappa shape index (κ2) is 5.34. The normalized spacial score (nSPS) is 14.6. The van der Waals surface area contributed by atoms with Gasteiger partial charge in [-0.2, -0.15) is 0 Å². The lowest BCUT2D eigenvalue weighted by molar-refractivity contribution is 0.0995. The number of carbonyl (C=O) groups is 1. The molecule has 4 heteroatoms. The molecule has 0 aromatic carbocycles.